The Hall–Kier alpha value is -3.08. The number of H-pyrrole nitrogens is 1. The monoisotopic (exact) mass is 332 g/mol. The van der Waals surface area contributed by atoms with Crippen molar-refractivity contribution < 1.29 is 4.79 Å². The van der Waals surface area contributed by atoms with Crippen LogP contribution in [0.5, 0.6) is 0 Å². The Morgan fingerprint density at radius 3 is 3.00 bits per heavy atom. The highest BCUT2D eigenvalue weighted by Crippen LogP contribution is 2.31. The molecule has 4 rings (SSSR count). The maximum Gasteiger partial charge on any atom is 0.243 e. The molecule has 3 aromatic rings. The van der Waals surface area contributed by atoms with Crippen molar-refractivity contribution in [2.75, 3.05) is 18.0 Å². The zero-order valence-corrected chi connectivity index (χ0v) is 13.9. The quantitative estimate of drug-likeness (QED) is 0.722. The van der Waals surface area contributed by atoms with E-state index in [-0.39, 0.29) is 11.9 Å². The van der Waals surface area contributed by atoms with Gasteiger partial charge in [-0.15, -0.1) is 0 Å². The lowest BCUT2D eigenvalue weighted by Crippen LogP contribution is -2.36. The van der Waals surface area contributed by atoms with Crippen LogP contribution in [0, 0.1) is 0 Å². The van der Waals surface area contributed by atoms with Crippen molar-refractivity contribution in [1.82, 2.24) is 15.3 Å². The molecule has 2 aromatic heterocycles. The normalized spacial score (nSPS) is 17.0. The van der Waals surface area contributed by atoms with Crippen LogP contribution in [0.3, 0.4) is 0 Å². The van der Waals surface area contributed by atoms with Gasteiger partial charge < -0.3 is 15.2 Å². The fraction of sp³-hybridized carbons (Fsp3) is 0.200. The maximum absolute atomic E-state index is 11.5. The van der Waals surface area contributed by atoms with Crippen LogP contribution in [0.2, 0.25) is 0 Å². The number of hydrogen-bond acceptors (Lipinski definition) is 3. The first-order valence-electron chi connectivity index (χ1n) is 8.45. The van der Waals surface area contributed by atoms with Gasteiger partial charge in [0.2, 0.25) is 5.91 Å². The van der Waals surface area contributed by atoms with Gasteiger partial charge >= 0.3 is 0 Å². The van der Waals surface area contributed by atoms with Crippen LogP contribution >= 0.6 is 0 Å². The van der Waals surface area contributed by atoms with E-state index >= 15 is 0 Å². The van der Waals surface area contributed by atoms with Crippen LogP contribution < -0.4 is 10.2 Å². The number of benzene rings is 1. The van der Waals surface area contributed by atoms with E-state index in [0.29, 0.717) is 0 Å². The summed E-state index contributed by atoms with van der Waals surface area (Å²) in [7, 11) is 0. The van der Waals surface area contributed by atoms with Gasteiger partial charge in [0, 0.05) is 36.3 Å². The molecule has 1 saturated heterocycles. The minimum absolute atomic E-state index is 0.113. The van der Waals surface area contributed by atoms with Crippen LogP contribution in [0.1, 0.15) is 6.42 Å². The van der Waals surface area contributed by atoms with Crippen LogP contribution in [0.25, 0.3) is 22.2 Å². The van der Waals surface area contributed by atoms with E-state index in [0.717, 1.165) is 41.8 Å². The number of hydrogen-bond donors (Lipinski definition) is 2. The molecule has 0 radical (unpaired) electrons. The Morgan fingerprint density at radius 1 is 1.36 bits per heavy atom. The molecule has 0 aliphatic carbocycles. The van der Waals surface area contributed by atoms with Crippen molar-refractivity contribution in [2.24, 2.45) is 0 Å². The smallest absolute Gasteiger partial charge is 0.243 e. The number of rotatable bonds is 4. The molecule has 1 amide bonds. The lowest BCUT2D eigenvalue weighted by atomic mass is 10.1. The molecule has 1 aromatic carbocycles. The number of fused-ring (bicyclic) bond motifs is 1. The van der Waals surface area contributed by atoms with Gasteiger partial charge in [0.25, 0.3) is 0 Å². The number of aromatic nitrogens is 2. The molecule has 25 heavy (non-hydrogen) atoms. The topological polar surface area (TPSA) is 61.0 Å². The van der Waals surface area contributed by atoms with Gasteiger partial charge in [0.15, 0.2) is 0 Å². The third kappa shape index (κ3) is 3.01. The molecule has 5 heteroatoms. The second-order valence-corrected chi connectivity index (χ2v) is 6.30. The zero-order valence-electron chi connectivity index (χ0n) is 13.9. The molecule has 0 spiro atoms. The number of amides is 1. The van der Waals surface area contributed by atoms with Gasteiger partial charge in [-0.25, -0.2) is 4.98 Å². The highest BCUT2D eigenvalue weighted by Gasteiger charge is 2.24. The van der Waals surface area contributed by atoms with E-state index in [1.165, 1.54) is 11.6 Å². The Balaban J connectivity index is 1.61. The van der Waals surface area contributed by atoms with Crippen molar-refractivity contribution in [3.63, 3.8) is 0 Å². The zero-order chi connectivity index (χ0) is 17.2. The predicted molar refractivity (Wildman–Crippen MR) is 100 cm³/mol. The summed E-state index contributed by atoms with van der Waals surface area (Å²) in [5.41, 5.74) is 4.30. The van der Waals surface area contributed by atoms with Gasteiger partial charge in [-0.05, 0) is 24.1 Å². The summed E-state index contributed by atoms with van der Waals surface area (Å²) in [4.78, 5) is 21.6. The van der Waals surface area contributed by atoms with E-state index in [4.69, 9.17) is 0 Å². The summed E-state index contributed by atoms with van der Waals surface area (Å²) in [5, 5.41) is 4.09. The second kappa shape index (κ2) is 6.43. The van der Waals surface area contributed by atoms with Crippen LogP contribution in [0.4, 0.5) is 5.69 Å². The highest BCUT2D eigenvalue weighted by atomic mass is 16.1. The number of carbonyl (C=O) groups is 1. The highest BCUT2D eigenvalue weighted by molar-refractivity contribution is 5.95. The van der Waals surface area contributed by atoms with Crippen molar-refractivity contribution in [3.05, 3.63) is 61.4 Å². The molecular weight excluding hydrogens is 312 g/mol. The standard InChI is InChI=1S/C20H20N4O/c1-2-19(25)23-15-8-9-24(13-15)16-10-17-18(12-22-20(17)21-11-16)14-6-4-3-5-7-14/h2-7,10-12,15H,1,8-9,13H2,(H,21,22)(H,23,25)/t15-/m1/s1. The van der Waals surface area contributed by atoms with Crippen molar-refractivity contribution in [1.29, 1.82) is 0 Å². The molecule has 0 bridgehead atoms. The number of anilines is 1. The summed E-state index contributed by atoms with van der Waals surface area (Å²) in [6.07, 6.45) is 6.15. The molecule has 0 unspecified atom stereocenters. The number of nitrogens with one attached hydrogen (secondary N) is 2. The molecule has 1 aliphatic heterocycles. The maximum atomic E-state index is 11.5. The lowest BCUT2D eigenvalue weighted by molar-refractivity contribution is -0.117. The van der Waals surface area contributed by atoms with Gasteiger partial charge in [-0.1, -0.05) is 36.9 Å². The molecule has 1 fully saturated rings. The molecule has 1 atom stereocenters. The summed E-state index contributed by atoms with van der Waals surface area (Å²) < 4.78 is 0. The first-order valence-corrected chi connectivity index (χ1v) is 8.45. The average molecular weight is 332 g/mol. The van der Waals surface area contributed by atoms with Crippen molar-refractivity contribution in [3.8, 4) is 11.1 Å². The molecule has 2 N–H and O–H groups in total. The van der Waals surface area contributed by atoms with Crippen molar-refractivity contribution in [2.45, 2.75) is 12.5 Å². The van der Waals surface area contributed by atoms with Gasteiger partial charge in [-0.2, -0.15) is 0 Å². The van der Waals surface area contributed by atoms with Crippen LogP contribution in [-0.2, 0) is 4.79 Å². The molecule has 126 valence electrons. The Labute approximate surface area is 146 Å². The van der Waals surface area contributed by atoms with Gasteiger partial charge in [0.05, 0.1) is 11.9 Å². The molecule has 0 saturated carbocycles. The minimum Gasteiger partial charge on any atom is -0.368 e. The molecule has 5 nitrogen and oxygen atoms in total. The van der Waals surface area contributed by atoms with Crippen LogP contribution in [0.15, 0.2) is 61.4 Å². The fourth-order valence-electron chi connectivity index (χ4n) is 3.39. The van der Waals surface area contributed by atoms with E-state index in [2.05, 4.69) is 45.0 Å². The summed E-state index contributed by atoms with van der Waals surface area (Å²) >= 11 is 0. The summed E-state index contributed by atoms with van der Waals surface area (Å²) in [6, 6.07) is 12.6. The third-order valence-corrected chi connectivity index (χ3v) is 4.69. The van der Waals surface area contributed by atoms with Gasteiger partial charge in [0.1, 0.15) is 5.65 Å². The summed E-state index contributed by atoms with van der Waals surface area (Å²) in [6.45, 7) is 5.20. The largest absolute Gasteiger partial charge is 0.368 e. The predicted octanol–water partition coefficient (Wildman–Crippen LogP) is 3.11. The van der Waals surface area contributed by atoms with E-state index in [9.17, 15) is 4.79 Å². The van der Waals surface area contributed by atoms with E-state index < -0.39 is 0 Å². The Morgan fingerprint density at radius 2 is 2.20 bits per heavy atom. The minimum atomic E-state index is -0.113. The van der Waals surface area contributed by atoms with Crippen molar-refractivity contribution >= 4 is 22.6 Å². The van der Waals surface area contributed by atoms with E-state index in [1.807, 2.05) is 30.6 Å². The third-order valence-electron chi connectivity index (χ3n) is 4.69. The lowest BCUT2D eigenvalue weighted by Gasteiger charge is -2.18. The van der Waals surface area contributed by atoms with E-state index in [1.54, 1.807) is 0 Å². The number of carbonyl (C=O) groups excluding carboxylic acids is 1. The number of aromatic amines is 1. The molecule has 3 heterocycles. The number of pyridine rings is 1. The molecular formula is C20H20N4O. The molecule has 1 aliphatic rings. The summed E-state index contributed by atoms with van der Waals surface area (Å²) in [5.74, 6) is -0.113. The SMILES string of the molecule is C=CC(=O)N[C@@H]1CCN(c2cnc3[nH]cc(-c4ccccc4)c3c2)C1. The Kier molecular flexibility index (Phi) is 3.98. The van der Waals surface area contributed by atoms with Gasteiger partial charge in [-0.3, -0.25) is 4.79 Å². The average Bonchev–Trinajstić information content (AvgIpc) is 3.28. The fourth-order valence-corrected chi connectivity index (χ4v) is 3.39. The Bertz CT molecular complexity index is 916. The second-order valence-electron chi connectivity index (χ2n) is 6.30. The first-order chi connectivity index (χ1) is 12.2. The number of nitrogens with zero attached hydrogens (tertiary/aromatic N) is 2. The first kappa shape index (κ1) is 15.4. The van der Waals surface area contributed by atoms with Crippen LogP contribution in [-0.4, -0.2) is 35.0 Å².